The van der Waals surface area contributed by atoms with E-state index in [9.17, 15) is 0 Å². The van der Waals surface area contributed by atoms with Crippen LogP contribution in [0.4, 0.5) is 0 Å². The molecule has 0 aromatic rings. The van der Waals surface area contributed by atoms with E-state index in [4.69, 9.17) is 24.5 Å². The van der Waals surface area contributed by atoms with Gasteiger partial charge in [0, 0.05) is 25.2 Å². The predicted molar refractivity (Wildman–Crippen MR) is 84.5 cm³/mol. The van der Waals surface area contributed by atoms with Gasteiger partial charge in [-0.15, -0.1) is 0 Å². The van der Waals surface area contributed by atoms with Crippen LogP contribution in [0.2, 0.25) is 0 Å². The van der Waals surface area contributed by atoms with E-state index in [1.165, 1.54) is 51.6 Å². The first-order valence-corrected chi connectivity index (χ1v) is 8.60. The molecule has 0 atom stereocenters. The quantitative estimate of drug-likeness (QED) is 0.727. The Morgan fingerprint density at radius 2 is 1.17 bits per heavy atom. The van der Waals surface area contributed by atoms with E-state index in [2.05, 4.69) is 9.80 Å². The predicted octanol–water partition coefficient (Wildman–Crippen LogP) is 0.881. The number of carbonyl (C=O) groups is 2. The van der Waals surface area contributed by atoms with Crippen LogP contribution in [-0.4, -0.2) is 83.4 Å². The van der Waals surface area contributed by atoms with Gasteiger partial charge in [0.15, 0.2) is 0 Å². The maximum absolute atomic E-state index is 9.10. The highest BCUT2D eigenvalue weighted by Gasteiger charge is 2.29. The van der Waals surface area contributed by atoms with Gasteiger partial charge in [0.2, 0.25) is 0 Å². The third-order valence-corrected chi connectivity index (χ3v) is 5.09. The summed E-state index contributed by atoms with van der Waals surface area (Å²) in [6.45, 7) is 6.90. The van der Waals surface area contributed by atoms with Crippen LogP contribution in [-0.2, 0) is 14.3 Å². The van der Waals surface area contributed by atoms with Gasteiger partial charge in [0.05, 0.1) is 13.2 Å². The average molecular weight is 328 g/mol. The summed E-state index contributed by atoms with van der Waals surface area (Å²) in [6.07, 6.45) is 8.62. The van der Waals surface area contributed by atoms with Crippen LogP contribution in [0.1, 0.15) is 38.5 Å². The number of nitrogens with zero attached hydrogens (tertiary/aromatic N) is 2. The van der Waals surface area contributed by atoms with E-state index >= 15 is 0 Å². The minimum absolute atomic E-state index is 0.844. The molecule has 3 fully saturated rings. The van der Waals surface area contributed by atoms with Gasteiger partial charge in [-0.3, -0.25) is 4.90 Å². The molecule has 1 saturated carbocycles. The van der Waals surface area contributed by atoms with E-state index < -0.39 is 11.9 Å². The second kappa shape index (κ2) is 9.20. The Hall–Kier alpha value is -1.18. The lowest BCUT2D eigenvalue weighted by molar-refractivity contribution is -0.159. The fourth-order valence-electron chi connectivity index (χ4n) is 3.83. The zero-order chi connectivity index (χ0) is 16.7. The van der Waals surface area contributed by atoms with Crippen molar-refractivity contribution in [3.63, 3.8) is 0 Å². The van der Waals surface area contributed by atoms with Crippen molar-refractivity contribution < 1.29 is 24.5 Å². The highest BCUT2D eigenvalue weighted by molar-refractivity contribution is 6.27. The standard InChI is InChI=1S/C14H26N2O.C2H2O4/c1-2-4-13(3-1)15-7-5-14(6-8-15)16-9-11-17-12-10-16;3-1(4)2(5)6/h13-14H,1-12H2;(H,3,4)(H,5,6). The van der Waals surface area contributed by atoms with Crippen LogP contribution in [0.5, 0.6) is 0 Å². The Labute approximate surface area is 137 Å². The number of morpholine rings is 1. The van der Waals surface area contributed by atoms with Gasteiger partial charge < -0.3 is 19.8 Å². The third-order valence-electron chi connectivity index (χ3n) is 5.09. The lowest BCUT2D eigenvalue weighted by Crippen LogP contribution is -2.50. The molecule has 0 aromatic carbocycles. The molecule has 7 nitrogen and oxygen atoms in total. The van der Waals surface area contributed by atoms with Gasteiger partial charge in [-0.05, 0) is 38.8 Å². The fourth-order valence-corrected chi connectivity index (χ4v) is 3.83. The van der Waals surface area contributed by atoms with Crippen LogP contribution in [0.15, 0.2) is 0 Å². The normalized spacial score (nSPS) is 24.9. The summed E-state index contributed by atoms with van der Waals surface area (Å²) in [5.41, 5.74) is 0. The number of rotatable bonds is 2. The number of ether oxygens (including phenoxy) is 1. The molecule has 0 unspecified atom stereocenters. The number of carboxylic acids is 2. The van der Waals surface area contributed by atoms with E-state index in [-0.39, 0.29) is 0 Å². The van der Waals surface area contributed by atoms with Gasteiger partial charge in [-0.2, -0.15) is 0 Å². The van der Waals surface area contributed by atoms with Gasteiger partial charge in [0.25, 0.3) is 0 Å². The highest BCUT2D eigenvalue weighted by atomic mass is 16.5. The molecule has 2 N–H and O–H groups in total. The first kappa shape index (κ1) is 18.2. The van der Waals surface area contributed by atoms with Crippen molar-refractivity contribution >= 4 is 11.9 Å². The molecule has 0 aromatic heterocycles. The van der Waals surface area contributed by atoms with Crippen molar-refractivity contribution in [2.75, 3.05) is 39.4 Å². The van der Waals surface area contributed by atoms with Crippen LogP contribution >= 0.6 is 0 Å². The van der Waals surface area contributed by atoms with Crippen molar-refractivity contribution in [1.82, 2.24) is 9.80 Å². The first-order chi connectivity index (χ1) is 11.1. The zero-order valence-electron chi connectivity index (χ0n) is 13.7. The minimum Gasteiger partial charge on any atom is -0.473 e. The molecule has 0 spiro atoms. The SMILES string of the molecule is C1CCC(N2CCC(N3CCOCC3)CC2)C1.O=C(O)C(=O)O. The molecule has 132 valence electrons. The maximum atomic E-state index is 9.10. The molecule has 0 radical (unpaired) electrons. The molecule has 2 aliphatic heterocycles. The lowest BCUT2D eigenvalue weighted by atomic mass is 10.0. The summed E-state index contributed by atoms with van der Waals surface area (Å²) in [5, 5.41) is 14.8. The topological polar surface area (TPSA) is 90.3 Å². The summed E-state index contributed by atoms with van der Waals surface area (Å²) in [5.74, 6) is -3.65. The number of hydrogen-bond acceptors (Lipinski definition) is 5. The molecule has 7 heteroatoms. The van der Waals surface area contributed by atoms with E-state index in [1.54, 1.807) is 0 Å². The van der Waals surface area contributed by atoms with Crippen molar-refractivity contribution in [3.05, 3.63) is 0 Å². The summed E-state index contributed by atoms with van der Waals surface area (Å²) >= 11 is 0. The number of carboxylic acid groups (broad SMARTS) is 2. The van der Waals surface area contributed by atoms with E-state index in [0.717, 1.165) is 38.4 Å². The Bertz CT molecular complexity index is 372. The number of aliphatic carboxylic acids is 2. The molecule has 0 amide bonds. The van der Waals surface area contributed by atoms with Crippen LogP contribution in [0.25, 0.3) is 0 Å². The summed E-state index contributed by atoms with van der Waals surface area (Å²) in [6, 6.07) is 1.78. The van der Waals surface area contributed by atoms with Crippen molar-refractivity contribution in [1.29, 1.82) is 0 Å². The van der Waals surface area contributed by atoms with Crippen LogP contribution < -0.4 is 0 Å². The van der Waals surface area contributed by atoms with E-state index in [1.807, 2.05) is 0 Å². The second-order valence-electron chi connectivity index (χ2n) is 6.46. The molecule has 2 heterocycles. The Morgan fingerprint density at radius 1 is 0.739 bits per heavy atom. The summed E-state index contributed by atoms with van der Waals surface area (Å²) in [7, 11) is 0. The maximum Gasteiger partial charge on any atom is 0.414 e. The molecule has 2 saturated heterocycles. The van der Waals surface area contributed by atoms with Gasteiger partial charge in [-0.1, -0.05) is 12.8 Å². The van der Waals surface area contributed by atoms with E-state index in [0.29, 0.717) is 0 Å². The Balaban J connectivity index is 0.000000277. The minimum atomic E-state index is -1.82. The average Bonchev–Trinajstić information content (AvgIpc) is 3.11. The fraction of sp³-hybridized carbons (Fsp3) is 0.875. The molecular weight excluding hydrogens is 300 g/mol. The van der Waals surface area contributed by atoms with Gasteiger partial charge in [-0.25, -0.2) is 9.59 Å². The molecule has 3 rings (SSSR count). The molecular formula is C16H28N2O5. The lowest BCUT2D eigenvalue weighted by Gasteiger charge is -2.41. The molecule has 23 heavy (non-hydrogen) atoms. The first-order valence-electron chi connectivity index (χ1n) is 8.60. The van der Waals surface area contributed by atoms with Gasteiger partial charge >= 0.3 is 11.9 Å². The second-order valence-corrected chi connectivity index (χ2v) is 6.46. The van der Waals surface area contributed by atoms with Crippen molar-refractivity contribution in [2.45, 2.75) is 50.6 Å². The molecule has 0 bridgehead atoms. The summed E-state index contributed by atoms with van der Waals surface area (Å²) in [4.78, 5) is 23.6. The number of piperidine rings is 1. The van der Waals surface area contributed by atoms with Crippen molar-refractivity contribution in [2.24, 2.45) is 0 Å². The zero-order valence-corrected chi connectivity index (χ0v) is 13.7. The highest BCUT2D eigenvalue weighted by Crippen LogP contribution is 2.27. The Morgan fingerprint density at radius 3 is 1.65 bits per heavy atom. The number of hydrogen-bond donors (Lipinski definition) is 2. The molecule has 3 aliphatic rings. The third kappa shape index (κ3) is 5.75. The largest absolute Gasteiger partial charge is 0.473 e. The van der Waals surface area contributed by atoms with Crippen LogP contribution in [0.3, 0.4) is 0 Å². The monoisotopic (exact) mass is 328 g/mol. The number of likely N-dealkylation sites (tertiary alicyclic amines) is 1. The van der Waals surface area contributed by atoms with Crippen LogP contribution in [0, 0.1) is 0 Å². The molecule has 1 aliphatic carbocycles. The summed E-state index contributed by atoms with van der Waals surface area (Å²) < 4.78 is 5.44. The smallest absolute Gasteiger partial charge is 0.414 e. The van der Waals surface area contributed by atoms with Gasteiger partial charge in [0.1, 0.15) is 0 Å². The Kier molecular flexibility index (Phi) is 7.26. The van der Waals surface area contributed by atoms with Crippen molar-refractivity contribution in [3.8, 4) is 0 Å².